The first-order chi connectivity index (χ1) is 7.65. The van der Waals surface area contributed by atoms with Gasteiger partial charge >= 0.3 is 0 Å². The van der Waals surface area contributed by atoms with E-state index in [4.69, 9.17) is 11.6 Å². The van der Waals surface area contributed by atoms with Crippen LogP contribution in [0, 0.1) is 0 Å². The standard InChI is InChI=1S/C10H11ClN4O/c1-3-7-8(11)9(14(2)13-7)10(16)15-5-4-12-6-15/h4-6H,3H2,1-2H3. The van der Waals surface area contributed by atoms with E-state index >= 15 is 0 Å². The third kappa shape index (κ3) is 1.63. The highest BCUT2D eigenvalue weighted by atomic mass is 35.5. The molecule has 0 saturated carbocycles. The average Bonchev–Trinajstić information content (AvgIpc) is 2.86. The minimum atomic E-state index is -0.225. The number of rotatable bonds is 2. The van der Waals surface area contributed by atoms with Crippen molar-refractivity contribution in [2.75, 3.05) is 0 Å². The molecule has 2 aromatic heterocycles. The van der Waals surface area contributed by atoms with Crippen molar-refractivity contribution in [1.29, 1.82) is 0 Å². The van der Waals surface area contributed by atoms with Gasteiger partial charge in [-0.05, 0) is 6.42 Å². The van der Waals surface area contributed by atoms with Gasteiger partial charge in [0.25, 0.3) is 5.91 Å². The van der Waals surface area contributed by atoms with Gasteiger partial charge in [-0.15, -0.1) is 0 Å². The molecule has 0 N–H and O–H groups in total. The Hall–Kier alpha value is -1.62. The number of imidazole rings is 1. The fourth-order valence-electron chi connectivity index (χ4n) is 1.51. The zero-order chi connectivity index (χ0) is 11.7. The molecule has 6 heteroatoms. The highest BCUT2D eigenvalue weighted by molar-refractivity contribution is 6.34. The van der Waals surface area contributed by atoms with E-state index in [9.17, 15) is 4.79 Å². The van der Waals surface area contributed by atoms with Crippen LogP contribution in [0.15, 0.2) is 18.7 Å². The van der Waals surface area contributed by atoms with Crippen LogP contribution >= 0.6 is 11.6 Å². The van der Waals surface area contributed by atoms with Crippen molar-refractivity contribution in [3.8, 4) is 0 Å². The summed E-state index contributed by atoms with van der Waals surface area (Å²) in [5.74, 6) is -0.225. The molecule has 0 atom stereocenters. The number of aryl methyl sites for hydroxylation is 2. The molecule has 0 aromatic carbocycles. The van der Waals surface area contributed by atoms with Gasteiger partial charge < -0.3 is 0 Å². The SMILES string of the molecule is CCc1nn(C)c(C(=O)n2ccnc2)c1Cl. The first-order valence-electron chi connectivity index (χ1n) is 4.89. The summed E-state index contributed by atoms with van der Waals surface area (Å²) in [5, 5.41) is 4.61. The smallest absolute Gasteiger partial charge is 0.271 e. The average molecular weight is 239 g/mol. The number of nitrogens with zero attached hydrogens (tertiary/aromatic N) is 4. The summed E-state index contributed by atoms with van der Waals surface area (Å²) >= 11 is 6.10. The van der Waals surface area contributed by atoms with Crippen molar-refractivity contribution in [1.82, 2.24) is 19.3 Å². The Labute approximate surface area is 97.7 Å². The van der Waals surface area contributed by atoms with Gasteiger partial charge in [0.2, 0.25) is 0 Å². The first-order valence-corrected chi connectivity index (χ1v) is 5.27. The second-order valence-electron chi connectivity index (χ2n) is 3.36. The van der Waals surface area contributed by atoms with Crippen LogP contribution in [0.25, 0.3) is 0 Å². The number of carbonyl (C=O) groups is 1. The molecule has 0 aliphatic carbocycles. The van der Waals surface area contributed by atoms with Crippen LogP contribution in [0.2, 0.25) is 5.02 Å². The molecular formula is C10H11ClN4O. The van der Waals surface area contributed by atoms with E-state index in [-0.39, 0.29) is 5.91 Å². The van der Waals surface area contributed by atoms with Gasteiger partial charge in [0.05, 0.1) is 10.7 Å². The number of aromatic nitrogens is 4. The molecule has 0 spiro atoms. The van der Waals surface area contributed by atoms with Gasteiger partial charge in [-0.3, -0.25) is 14.0 Å². The Kier molecular flexibility index (Phi) is 2.78. The Morgan fingerprint density at radius 1 is 1.56 bits per heavy atom. The third-order valence-corrected chi connectivity index (χ3v) is 2.73. The lowest BCUT2D eigenvalue weighted by Gasteiger charge is -2.01. The Bertz CT molecular complexity index is 515. The van der Waals surface area contributed by atoms with E-state index in [0.29, 0.717) is 17.1 Å². The first kappa shape index (κ1) is 10.9. The maximum Gasteiger partial charge on any atom is 0.282 e. The van der Waals surface area contributed by atoms with Crippen molar-refractivity contribution < 1.29 is 4.79 Å². The molecule has 0 bridgehead atoms. The molecule has 0 amide bonds. The predicted molar refractivity (Wildman–Crippen MR) is 59.6 cm³/mol. The summed E-state index contributed by atoms with van der Waals surface area (Å²) in [6.45, 7) is 1.94. The van der Waals surface area contributed by atoms with Crippen LogP contribution in [0.3, 0.4) is 0 Å². The van der Waals surface area contributed by atoms with Gasteiger partial charge in [-0.2, -0.15) is 5.10 Å². The molecule has 0 fully saturated rings. The van der Waals surface area contributed by atoms with Crippen LogP contribution in [0.5, 0.6) is 0 Å². The highest BCUT2D eigenvalue weighted by Gasteiger charge is 2.20. The van der Waals surface area contributed by atoms with Crippen LogP contribution < -0.4 is 0 Å². The molecule has 0 unspecified atom stereocenters. The second kappa shape index (κ2) is 4.09. The van der Waals surface area contributed by atoms with Gasteiger partial charge in [-0.25, -0.2) is 4.98 Å². The summed E-state index contributed by atoms with van der Waals surface area (Å²) in [6.07, 6.45) is 5.27. The molecule has 0 aliphatic rings. The van der Waals surface area contributed by atoms with E-state index < -0.39 is 0 Å². The fraction of sp³-hybridized carbons (Fsp3) is 0.300. The van der Waals surface area contributed by atoms with Gasteiger partial charge in [0, 0.05) is 19.4 Å². The molecule has 2 rings (SSSR count). The minimum Gasteiger partial charge on any atom is -0.271 e. The van der Waals surface area contributed by atoms with Gasteiger partial charge in [0.1, 0.15) is 12.0 Å². The molecule has 0 saturated heterocycles. The topological polar surface area (TPSA) is 52.7 Å². The molecule has 5 nitrogen and oxygen atoms in total. The summed E-state index contributed by atoms with van der Waals surface area (Å²) in [7, 11) is 1.70. The van der Waals surface area contributed by atoms with Gasteiger partial charge in [0.15, 0.2) is 0 Å². The zero-order valence-electron chi connectivity index (χ0n) is 9.01. The Morgan fingerprint density at radius 3 is 2.81 bits per heavy atom. The summed E-state index contributed by atoms with van der Waals surface area (Å²) in [6, 6.07) is 0. The van der Waals surface area contributed by atoms with E-state index in [0.717, 1.165) is 5.69 Å². The van der Waals surface area contributed by atoms with Crippen molar-refractivity contribution >= 4 is 17.5 Å². The number of hydrogen-bond acceptors (Lipinski definition) is 3. The van der Waals surface area contributed by atoms with Crippen LogP contribution in [0.4, 0.5) is 0 Å². The maximum absolute atomic E-state index is 12.1. The lowest BCUT2D eigenvalue weighted by Crippen LogP contribution is -2.14. The minimum absolute atomic E-state index is 0.225. The number of halogens is 1. The van der Waals surface area contributed by atoms with E-state index in [1.165, 1.54) is 15.6 Å². The van der Waals surface area contributed by atoms with Crippen molar-refractivity contribution in [2.24, 2.45) is 7.05 Å². The quantitative estimate of drug-likeness (QED) is 0.797. The highest BCUT2D eigenvalue weighted by Crippen LogP contribution is 2.21. The maximum atomic E-state index is 12.1. The largest absolute Gasteiger partial charge is 0.282 e. The molecule has 2 aromatic rings. The second-order valence-corrected chi connectivity index (χ2v) is 3.74. The number of carbonyl (C=O) groups excluding carboxylic acids is 1. The summed E-state index contributed by atoms with van der Waals surface area (Å²) < 4.78 is 2.88. The monoisotopic (exact) mass is 238 g/mol. The van der Waals surface area contributed by atoms with E-state index in [1.54, 1.807) is 19.4 Å². The third-order valence-electron chi connectivity index (χ3n) is 2.33. The van der Waals surface area contributed by atoms with E-state index in [1.807, 2.05) is 6.92 Å². The lowest BCUT2D eigenvalue weighted by atomic mass is 10.3. The molecule has 0 radical (unpaired) electrons. The lowest BCUT2D eigenvalue weighted by molar-refractivity contribution is 0.0950. The number of hydrogen-bond donors (Lipinski definition) is 0. The normalized spacial score (nSPS) is 10.7. The van der Waals surface area contributed by atoms with Crippen LogP contribution in [0.1, 0.15) is 23.1 Å². The molecule has 2 heterocycles. The Balaban J connectivity index is 2.48. The summed E-state index contributed by atoms with van der Waals surface area (Å²) in [4.78, 5) is 15.9. The molecule has 84 valence electrons. The van der Waals surface area contributed by atoms with Crippen molar-refractivity contribution in [3.63, 3.8) is 0 Å². The van der Waals surface area contributed by atoms with Crippen LogP contribution in [-0.4, -0.2) is 25.2 Å². The molecule has 16 heavy (non-hydrogen) atoms. The van der Waals surface area contributed by atoms with Crippen LogP contribution in [-0.2, 0) is 13.5 Å². The van der Waals surface area contributed by atoms with Crippen molar-refractivity contribution in [3.05, 3.63) is 35.1 Å². The predicted octanol–water partition coefficient (Wildman–Crippen LogP) is 1.52. The van der Waals surface area contributed by atoms with Crippen molar-refractivity contribution in [2.45, 2.75) is 13.3 Å². The fourth-order valence-corrected chi connectivity index (χ4v) is 1.89. The molecule has 0 aliphatic heterocycles. The Morgan fingerprint density at radius 2 is 2.31 bits per heavy atom. The molecular weight excluding hydrogens is 228 g/mol. The summed E-state index contributed by atoms with van der Waals surface area (Å²) in [5.41, 5.74) is 1.11. The van der Waals surface area contributed by atoms with Gasteiger partial charge in [-0.1, -0.05) is 18.5 Å². The van der Waals surface area contributed by atoms with E-state index in [2.05, 4.69) is 10.1 Å². The zero-order valence-corrected chi connectivity index (χ0v) is 9.77.